The standard InChI is InChI=1S/C21H14N2O5/c24-19-17(20(25)23(22-19)13-6-2-1-3-7-13)12-14-10-11-18(28-14)15-8-4-5-9-16(15)21(26)27/h1-12H,(H,22,24)(H,26,27). The summed E-state index contributed by atoms with van der Waals surface area (Å²) < 4.78 is 5.67. The van der Waals surface area contributed by atoms with Crippen LogP contribution in [0.5, 0.6) is 0 Å². The van der Waals surface area contributed by atoms with E-state index in [1.807, 2.05) is 6.07 Å². The smallest absolute Gasteiger partial charge is 0.336 e. The highest BCUT2D eigenvalue weighted by Crippen LogP contribution is 2.28. The second kappa shape index (κ2) is 6.88. The summed E-state index contributed by atoms with van der Waals surface area (Å²) in [5, 5.41) is 10.5. The average molecular weight is 374 g/mol. The monoisotopic (exact) mass is 374 g/mol. The Morgan fingerprint density at radius 2 is 1.68 bits per heavy atom. The van der Waals surface area contributed by atoms with Crippen LogP contribution in [0.4, 0.5) is 5.69 Å². The lowest BCUT2D eigenvalue weighted by Gasteiger charge is -2.13. The number of carbonyl (C=O) groups excluding carboxylic acids is 2. The molecule has 0 bridgehead atoms. The van der Waals surface area contributed by atoms with Gasteiger partial charge >= 0.3 is 5.97 Å². The molecule has 7 nitrogen and oxygen atoms in total. The number of benzene rings is 2. The van der Waals surface area contributed by atoms with E-state index >= 15 is 0 Å². The van der Waals surface area contributed by atoms with Gasteiger partial charge in [0.05, 0.1) is 11.3 Å². The van der Waals surface area contributed by atoms with Gasteiger partial charge in [0.2, 0.25) is 0 Å². The zero-order chi connectivity index (χ0) is 19.7. The van der Waals surface area contributed by atoms with E-state index < -0.39 is 17.8 Å². The molecule has 3 aromatic rings. The summed E-state index contributed by atoms with van der Waals surface area (Å²) >= 11 is 0. The molecule has 1 aliphatic rings. The zero-order valence-electron chi connectivity index (χ0n) is 14.5. The molecule has 0 unspecified atom stereocenters. The van der Waals surface area contributed by atoms with Crippen LogP contribution in [0, 0.1) is 0 Å². The molecule has 4 rings (SSSR count). The number of amides is 2. The summed E-state index contributed by atoms with van der Waals surface area (Å²) in [5.74, 6) is -1.52. The molecule has 28 heavy (non-hydrogen) atoms. The summed E-state index contributed by atoms with van der Waals surface area (Å²) in [4.78, 5) is 36.2. The number of carbonyl (C=O) groups is 3. The molecule has 0 spiro atoms. The Kier molecular flexibility index (Phi) is 4.25. The predicted octanol–water partition coefficient (Wildman–Crippen LogP) is 3.11. The van der Waals surface area contributed by atoms with E-state index in [9.17, 15) is 19.5 Å². The van der Waals surface area contributed by atoms with Crippen molar-refractivity contribution in [2.75, 3.05) is 5.01 Å². The van der Waals surface area contributed by atoms with E-state index in [-0.39, 0.29) is 16.9 Å². The van der Waals surface area contributed by atoms with Gasteiger partial charge in [0, 0.05) is 5.56 Å². The van der Waals surface area contributed by atoms with Crippen molar-refractivity contribution in [1.29, 1.82) is 0 Å². The summed E-state index contributed by atoms with van der Waals surface area (Å²) in [7, 11) is 0. The number of nitrogens with zero attached hydrogens (tertiary/aromatic N) is 1. The molecule has 2 N–H and O–H groups in total. The van der Waals surface area contributed by atoms with E-state index in [2.05, 4.69) is 5.43 Å². The molecule has 0 radical (unpaired) electrons. The van der Waals surface area contributed by atoms with E-state index in [4.69, 9.17) is 4.42 Å². The number of hydrogen-bond acceptors (Lipinski definition) is 4. The maximum Gasteiger partial charge on any atom is 0.336 e. The summed E-state index contributed by atoms with van der Waals surface area (Å²) in [5.41, 5.74) is 3.49. The molecule has 0 saturated carbocycles. The number of furan rings is 1. The minimum Gasteiger partial charge on any atom is -0.478 e. The maximum atomic E-state index is 12.6. The van der Waals surface area contributed by atoms with Crippen molar-refractivity contribution in [3.8, 4) is 11.3 Å². The molecule has 2 amide bonds. The Bertz CT molecular complexity index is 1110. The highest BCUT2D eigenvalue weighted by atomic mass is 16.4. The molecule has 2 aromatic carbocycles. The largest absolute Gasteiger partial charge is 0.478 e. The van der Waals surface area contributed by atoms with E-state index in [0.29, 0.717) is 17.0 Å². The average Bonchev–Trinajstić information content (AvgIpc) is 3.29. The lowest BCUT2D eigenvalue weighted by molar-refractivity contribution is -0.117. The Labute approximate surface area is 159 Å². The van der Waals surface area contributed by atoms with Gasteiger partial charge in [0.15, 0.2) is 0 Å². The third kappa shape index (κ3) is 3.05. The summed E-state index contributed by atoms with van der Waals surface area (Å²) in [6, 6.07) is 18.3. The molecule has 1 aromatic heterocycles. The topological polar surface area (TPSA) is 99.9 Å². The number of aromatic carboxylic acids is 1. The molecule has 1 aliphatic heterocycles. The Balaban J connectivity index is 1.65. The van der Waals surface area contributed by atoms with Crippen LogP contribution >= 0.6 is 0 Å². The molecular formula is C21H14N2O5. The van der Waals surface area contributed by atoms with Crippen molar-refractivity contribution in [1.82, 2.24) is 5.43 Å². The van der Waals surface area contributed by atoms with Crippen LogP contribution in [0.1, 0.15) is 16.1 Å². The minimum absolute atomic E-state index is 0.0729. The SMILES string of the molecule is O=C1NN(c2ccccc2)C(=O)C1=Cc1ccc(-c2ccccc2C(=O)O)o1. The number of carboxylic acids is 1. The van der Waals surface area contributed by atoms with Crippen molar-refractivity contribution >= 4 is 29.5 Å². The molecule has 0 atom stereocenters. The van der Waals surface area contributed by atoms with Crippen LogP contribution in [0.15, 0.2) is 76.7 Å². The predicted molar refractivity (Wildman–Crippen MR) is 101 cm³/mol. The van der Waals surface area contributed by atoms with E-state index in [0.717, 1.165) is 5.01 Å². The summed E-state index contributed by atoms with van der Waals surface area (Å²) in [6.45, 7) is 0. The molecule has 0 aliphatic carbocycles. The van der Waals surface area contributed by atoms with Crippen LogP contribution in [-0.2, 0) is 9.59 Å². The number of para-hydroxylation sites is 1. The number of nitrogens with one attached hydrogen (secondary N) is 1. The molecule has 1 fully saturated rings. The third-order valence-electron chi connectivity index (χ3n) is 4.24. The van der Waals surface area contributed by atoms with Crippen molar-refractivity contribution in [2.45, 2.75) is 0 Å². The van der Waals surface area contributed by atoms with Gasteiger partial charge in [-0.05, 0) is 36.4 Å². The van der Waals surface area contributed by atoms with Crippen molar-refractivity contribution in [2.24, 2.45) is 0 Å². The van der Waals surface area contributed by atoms with Gasteiger partial charge in [-0.25, -0.2) is 9.80 Å². The van der Waals surface area contributed by atoms with Gasteiger partial charge in [0.25, 0.3) is 11.8 Å². The second-order valence-corrected chi connectivity index (χ2v) is 6.03. The van der Waals surface area contributed by atoms with Gasteiger partial charge in [-0.2, -0.15) is 0 Å². The second-order valence-electron chi connectivity index (χ2n) is 6.03. The van der Waals surface area contributed by atoms with Gasteiger partial charge in [-0.15, -0.1) is 0 Å². The number of hydrogen-bond donors (Lipinski definition) is 2. The Hall–Kier alpha value is -4.13. The highest BCUT2D eigenvalue weighted by molar-refractivity contribution is 6.31. The van der Waals surface area contributed by atoms with Crippen LogP contribution in [0.25, 0.3) is 17.4 Å². The van der Waals surface area contributed by atoms with E-state index in [1.165, 1.54) is 12.1 Å². The molecular weight excluding hydrogens is 360 g/mol. The van der Waals surface area contributed by atoms with Crippen molar-refractivity contribution in [3.05, 3.63) is 83.6 Å². The third-order valence-corrected chi connectivity index (χ3v) is 4.24. The molecule has 2 heterocycles. The first kappa shape index (κ1) is 17.3. The minimum atomic E-state index is -1.07. The van der Waals surface area contributed by atoms with E-state index in [1.54, 1.807) is 54.6 Å². The molecule has 7 heteroatoms. The number of carboxylic acid groups (broad SMARTS) is 1. The van der Waals surface area contributed by atoms with Crippen LogP contribution < -0.4 is 10.4 Å². The fourth-order valence-electron chi connectivity index (χ4n) is 2.92. The van der Waals surface area contributed by atoms with Crippen molar-refractivity contribution < 1.29 is 23.9 Å². The highest BCUT2D eigenvalue weighted by Gasteiger charge is 2.34. The Morgan fingerprint density at radius 1 is 0.964 bits per heavy atom. The lowest BCUT2D eigenvalue weighted by atomic mass is 10.1. The Morgan fingerprint density at radius 3 is 2.43 bits per heavy atom. The molecule has 1 saturated heterocycles. The summed E-state index contributed by atoms with van der Waals surface area (Å²) in [6.07, 6.45) is 1.34. The van der Waals surface area contributed by atoms with Gasteiger partial charge < -0.3 is 9.52 Å². The van der Waals surface area contributed by atoms with Gasteiger partial charge in [-0.3, -0.25) is 15.0 Å². The fourth-order valence-corrected chi connectivity index (χ4v) is 2.92. The van der Waals surface area contributed by atoms with Crippen LogP contribution in [-0.4, -0.2) is 22.9 Å². The normalized spacial score (nSPS) is 15.1. The number of rotatable bonds is 4. The zero-order valence-corrected chi connectivity index (χ0v) is 14.5. The fraction of sp³-hybridized carbons (Fsp3) is 0. The van der Waals surface area contributed by atoms with Crippen molar-refractivity contribution in [3.63, 3.8) is 0 Å². The first-order chi connectivity index (χ1) is 13.5. The van der Waals surface area contributed by atoms with Crippen LogP contribution in [0.3, 0.4) is 0 Å². The van der Waals surface area contributed by atoms with Gasteiger partial charge in [0.1, 0.15) is 17.1 Å². The number of anilines is 1. The molecule has 138 valence electrons. The van der Waals surface area contributed by atoms with Gasteiger partial charge in [-0.1, -0.05) is 36.4 Å². The van der Waals surface area contributed by atoms with Crippen LogP contribution in [0.2, 0.25) is 0 Å². The first-order valence-corrected chi connectivity index (χ1v) is 8.39. The first-order valence-electron chi connectivity index (χ1n) is 8.39. The number of hydrazine groups is 1. The lowest BCUT2D eigenvalue weighted by Crippen LogP contribution is -2.35. The maximum absolute atomic E-state index is 12.6. The quantitative estimate of drug-likeness (QED) is 0.540.